The van der Waals surface area contributed by atoms with E-state index in [1.807, 2.05) is 0 Å². The average Bonchev–Trinajstić information content (AvgIpc) is 2.98. The number of carbonyl (C=O) groups excluding carboxylic acids is 1. The van der Waals surface area contributed by atoms with E-state index in [1.165, 1.54) is 25.1 Å². The summed E-state index contributed by atoms with van der Waals surface area (Å²) < 4.78 is 46.1. The van der Waals surface area contributed by atoms with Crippen molar-refractivity contribution < 1.29 is 22.7 Å². The molecule has 0 bridgehead atoms. The monoisotopic (exact) mass is 335 g/mol. The Morgan fingerprint density at radius 3 is 2.62 bits per heavy atom. The first kappa shape index (κ1) is 16.5. The third kappa shape index (κ3) is 3.14. The van der Waals surface area contributed by atoms with Gasteiger partial charge in [0, 0.05) is 12.3 Å². The minimum Gasteiger partial charge on any atom is -0.379 e. The van der Waals surface area contributed by atoms with Gasteiger partial charge >= 0.3 is 0 Å². The van der Waals surface area contributed by atoms with E-state index in [1.54, 1.807) is 6.07 Å². The number of halogens is 3. The molecule has 2 unspecified atom stereocenters. The molecule has 0 aliphatic carbocycles. The first-order chi connectivity index (χ1) is 11.5. The number of carbonyl (C=O) groups is 1. The molecule has 3 nitrogen and oxygen atoms in total. The van der Waals surface area contributed by atoms with Crippen molar-refractivity contribution in [1.82, 2.24) is 0 Å². The second-order valence-corrected chi connectivity index (χ2v) is 5.72. The van der Waals surface area contributed by atoms with Gasteiger partial charge in [0.15, 0.2) is 17.4 Å². The molecule has 1 heterocycles. The number of Topliss-reactive ketones (excluding diaryl/α,β-unsaturated/α-hetero) is 1. The molecular formula is C18H16F3NO2. The van der Waals surface area contributed by atoms with Gasteiger partial charge in [0.2, 0.25) is 0 Å². The van der Waals surface area contributed by atoms with Crippen LogP contribution in [-0.4, -0.2) is 18.4 Å². The lowest BCUT2D eigenvalue weighted by atomic mass is 10.0. The SMILES string of the molecule is CC(=O)c1c(F)cccc1NC1CCOC1c1ccc(F)c(F)c1. The van der Waals surface area contributed by atoms with Crippen LogP contribution in [0.4, 0.5) is 18.9 Å². The van der Waals surface area contributed by atoms with Gasteiger partial charge in [-0.15, -0.1) is 0 Å². The molecule has 1 N–H and O–H groups in total. The summed E-state index contributed by atoms with van der Waals surface area (Å²) in [5.41, 5.74) is 0.837. The maximum atomic E-state index is 13.9. The molecule has 0 amide bonds. The summed E-state index contributed by atoms with van der Waals surface area (Å²) in [6, 6.07) is 7.66. The second-order valence-electron chi connectivity index (χ2n) is 5.72. The molecule has 3 rings (SSSR count). The van der Waals surface area contributed by atoms with E-state index in [-0.39, 0.29) is 17.4 Å². The lowest BCUT2D eigenvalue weighted by Crippen LogP contribution is -2.24. The summed E-state index contributed by atoms with van der Waals surface area (Å²) in [5, 5.41) is 3.11. The number of rotatable bonds is 4. The standard InChI is InChI=1S/C18H16F3NO2/c1-10(23)17-13(20)3-2-4-15(17)22-16-7-8-24-18(16)11-5-6-12(19)14(21)9-11/h2-6,9,16,18,22H,7-8H2,1H3. The van der Waals surface area contributed by atoms with Crippen molar-refractivity contribution in [2.75, 3.05) is 11.9 Å². The minimum absolute atomic E-state index is 0.0200. The molecule has 2 aromatic rings. The zero-order valence-electron chi connectivity index (χ0n) is 13.0. The van der Waals surface area contributed by atoms with Crippen molar-refractivity contribution >= 4 is 11.5 Å². The third-order valence-electron chi connectivity index (χ3n) is 4.07. The van der Waals surface area contributed by atoms with Gasteiger partial charge < -0.3 is 10.1 Å². The largest absolute Gasteiger partial charge is 0.379 e. The predicted molar refractivity (Wildman–Crippen MR) is 83.5 cm³/mol. The Hall–Kier alpha value is -2.34. The third-order valence-corrected chi connectivity index (χ3v) is 4.07. The van der Waals surface area contributed by atoms with Crippen LogP contribution in [0.15, 0.2) is 36.4 Å². The van der Waals surface area contributed by atoms with Gasteiger partial charge in [-0.3, -0.25) is 4.79 Å². The second kappa shape index (κ2) is 6.65. The topological polar surface area (TPSA) is 38.3 Å². The first-order valence-corrected chi connectivity index (χ1v) is 7.60. The van der Waals surface area contributed by atoms with Crippen molar-refractivity contribution in [1.29, 1.82) is 0 Å². The minimum atomic E-state index is -0.947. The maximum absolute atomic E-state index is 13.9. The van der Waals surface area contributed by atoms with E-state index in [0.29, 0.717) is 24.3 Å². The Bertz CT molecular complexity index is 779. The van der Waals surface area contributed by atoms with Gasteiger partial charge in [0.25, 0.3) is 0 Å². The molecule has 0 radical (unpaired) electrons. The van der Waals surface area contributed by atoms with Crippen LogP contribution in [0.1, 0.15) is 35.4 Å². The number of hydrogen-bond acceptors (Lipinski definition) is 3. The molecule has 1 fully saturated rings. The number of ether oxygens (including phenoxy) is 1. The molecule has 1 aliphatic rings. The Balaban J connectivity index is 1.88. The van der Waals surface area contributed by atoms with Gasteiger partial charge in [-0.25, -0.2) is 13.2 Å². The predicted octanol–water partition coefficient (Wildman–Crippen LogP) is 4.25. The van der Waals surface area contributed by atoms with Crippen molar-refractivity contribution in [2.45, 2.75) is 25.5 Å². The highest BCUT2D eigenvalue weighted by Crippen LogP contribution is 2.33. The summed E-state index contributed by atoms with van der Waals surface area (Å²) in [7, 11) is 0. The molecule has 0 spiro atoms. The normalized spacial score (nSPS) is 20.2. The number of hydrogen-bond donors (Lipinski definition) is 1. The molecule has 0 saturated carbocycles. The number of benzene rings is 2. The fourth-order valence-electron chi connectivity index (χ4n) is 2.96. The molecule has 0 aromatic heterocycles. The van der Waals surface area contributed by atoms with E-state index in [0.717, 1.165) is 12.1 Å². The van der Waals surface area contributed by atoms with E-state index in [2.05, 4.69) is 5.32 Å². The van der Waals surface area contributed by atoms with Crippen LogP contribution < -0.4 is 5.32 Å². The molecule has 1 aliphatic heterocycles. The fraction of sp³-hybridized carbons (Fsp3) is 0.278. The first-order valence-electron chi connectivity index (χ1n) is 7.60. The summed E-state index contributed by atoms with van der Waals surface area (Å²) in [4.78, 5) is 11.7. The zero-order chi connectivity index (χ0) is 17.3. The molecule has 24 heavy (non-hydrogen) atoms. The van der Waals surface area contributed by atoms with Gasteiger partial charge in [-0.2, -0.15) is 0 Å². The number of nitrogens with one attached hydrogen (secondary N) is 1. The molecule has 1 saturated heterocycles. The van der Waals surface area contributed by atoms with E-state index >= 15 is 0 Å². The van der Waals surface area contributed by atoms with E-state index < -0.39 is 23.6 Å². The Labute approximate surface area is 137 Å². The summed E-state index contributed by atoms with van der Waals surface area (Å²) >= 11 is 0. The van der Waals surface area contributed by atoms with Gasteiger partial charge in [0.05, 0.1) is 11.6 Å². The van der Waals surface area contributed by atoms with Crippen LogP contribution in [0.2, 0.25) is 0 Å². The van der Waals surface area contributed by atoms with Gasteiger partial charge in [0.1, 0.15) is 11.9 Å². The van der Waals surface area contributed by atoms with Gasteiger partial charge in [-0.1, -0.05) is 12.1 Å². The van der Waals surface area contributed by atoms with Crippen molar-refractivity contribution in [3.63, 3.8) is 0 Å². The van der Waals surface area contributed by atoms with Crippen LogP contribution in [0.5, 0.6) is 0 Å². The molecule has 126 valence electrons. The lowest BCUT2D eigenvalue weighted by molar-refractivity contribution is 0.101. The summed E-state index contributed by atoms with van der Waals surface area (Å²) in [6.45, 7) is 1.72. The summed E-state index contributed by atoms with van der Waals surface area (Å²) in [5.74, 6) is -2.86. The molecule has 6 heteroatoms. The Kier molecular flexibility index (Phi) is 4.57. The van der Waals surface area contributed by atoms with E-state index in [4.69, 9.17) is 4.74 Å². The molecular weight excluding hydrogens is 319 g/mol. The smallest absolute Gasteiger partial charge is 0.164 e. The van der Waals surface area contributed by atoms with Crippen molar-refractivity contribution in [2.24, 2.45) is 0 Å². The lowest BCUT2D eigenvalue weighted by Gasteiger charge is -2.22. The quantitative estimate of drug-likeness (QED) is 0.849. The fourth-order valence-corrected chi connectivity index (χ4v) is 2.96. The highest BCUT2D eigenvalue weighted by atomic mass is 19.2. The zero-order valence-corrected chi connectivity index (χ0v) is 13.0. The Morgan fingerprint density at radius 1 is 1.12 bits per heavy atom. The van der Waals surface area contributed by atoms with Crippen molar-refractivity contribution in [3.05, 3.63) is 65.0 Å². The Morgan fingerprint density at radius 2 is 1.92 bits per heavy atom. The van der Waals surface area contributed by atoms with Gasteiger partial charge in [-0.05, 0) is 43.2 Å². The highest BCUT2D eigenvalue weighted by molar-refractivity contribution is 5.99. The van der Waals surface area contributed by atoms with Crippen LogP contribution in [0.3, 0.4) is 0 Å². The number of anilines is 1. The van der Waals surface area contributed by atoms with Crippen LogP contribution in [0, 0.1) is 17.5 Å². The number of ketones is 1. The van der Waals surface area contributed by atoms with E-state index in [9.17, 15) is 18.0 Å². The van der Waals surface area contributed by atoms with Crippen LogP contribution in [-0.2, 0) is 4.74 Å². The van der Waals surface area contributed by atoms with Crippen molar-refractivity contribution in [3.8, 4) is 0 Å². The highest BCUT2D eigenvalue weighted by Gasteiger charge is 2.31. The van der Waals surface area contributed by atoms with Crippen LogP contribution in [0.25, 0.3) is 0 Å². The molecule has 2 atom stereocenters. The maximum Gasteiger partial charge on any atom is 0.164 e. The van der Waals surface area contributed by atoms with Crippen LogP contribution >= 0.6 is 0 Å². The summed E-state index contributed by atoms with van der Waals surface area (Å²) in [6.07, 6.45) is 0.0838. The average molecular weight is 335 g/mol. The molecule has 2 aromatic carbocycles.